The Balaban J connectivity index is 1.66. The summed E-state index contributed by atoms with van der Waals surface area (Å²) in [6.45, 7) is 6.05. The number of rotatable bonds is 3. The number of aliphatic hydroxyl groups is 1. The van der Waals surface area contributed by atoms with E-state index in [2.05, 4.69) is 25.4 Å². The maximum atomic E-state index is 10.3. The van der Waals surface area contributed by atoms with Crippen LogP contribution in [0.5, 0.6) is 0 Å². The Labute approximate surface area is 146 Å². The van der Waals surface area contributed by atoms with Gasteiger partial charge in [0, 0.05) is 31.2 Å². The Hall–Kier alpha value is -2.51. The highest BCUT2D eigenvalue weighted by Crippen LogP contribution is 2.26. The summed E-state index contributed by atoms with van der Waals surface area (Å²) in [6, 6.07) is 9.85. The summed E-state index contributed by atoms with van der Waals surface area (Å²) < 4.78 is 0. The minimum atomic E-state index is -0.777. The van der Waals surface area contributed by atoms with E-state index in [4.69, 9.17) is 4.98 Å². The number of aromatic amines is 1. The fraction of sp³-hybridized carbons (Fsp3) is 0.389. The molecule has 4 heterocycles. The van der Waals surface area contributed by atoms with Crippen molar-refractivity contribution in [2.45, 2.75) is 25.5 Å². The number of piperazine rings is 1. The van der Waals surface area contributed by atoms with Crippen molar-refractivity contribution in [2.24, 2.45) is 0 Å². The zero-order chi connectivity index (χ0) is 17.4. The Morgan fingerprint density at radius 1 is 1.24 bits per heavy atom. The first kappa shape index (κ1) is 16.0. The SMILES string of the molecule is CC(C)(O)C1CN(c2cccc(-c3n[nH]c4ncccc34)n2)CCN1. The van der Waals surface area contributed by atoms with Gasteiger partial charge in [0.15, 0.2) is 5.65 Å². The highest BCUT2D eigenvalue weighted by Gasteiger charge is 2.31. The van der Waals surface area contributed by atoms with Gasteiger partial charge in [-0.05, 0) is 38.1 Å². The third-order valence-electron chi connectivity index (χ3n) is 4.67. The van der Waals surface area contributed by atoms with E-state index in [9.17, 15) is 5.11 Å². The zero-order valence-electron chi connectivity index (χ0n) is 14.4. The molecule has 4 rings (SSSR count). The van der Waals surface area contributed by atoms with Gasteiger partial charge in [0.1, 0.15) is 11.5 Å². The van der Waals surface area contributed by atoms with E-state index in [1.54, 1.807) is 6.20 Å². The van der Waals surface area contributed by atoms with Crippen LogP contribution in [-0.2, 0) is 0 Å². The van der Waals surface area contributed by atoms with Crippen molar-refractivity contribution in [2.75, 3.05) is 24.5 Å². The first-order valence-corrected chi connectivity index (χ1v) is 8.49. The van der Waals surface area contributed by atoms with Crippen molar-refractivity contribution in [3.05, 3.63) is 36.5 Å². The van der Waals surface area contributed by atoms with Gasteiger partial charge in [-0.1, -0.05) is 6.07 Å². The van der Waals surface area contributed by atoms with Crippen molar-refractivity contribution < 1.29 is 5.11 Å². The molecule has 25 heavy (non-hydrogen) atoms. The lowest BCUT2D eigenvalue weighted by molar-refractivity contribution is 0.0363. The fourth-order valence-corrected chi connectivity index (χ4v) is 3.21. The average molecular weight is 338 g/mol. The van der Waals surface area contributed by atoms with Crippen LogP contribution in [0.25, 0.3) is 22.4 Å². The molecule has 130 valence electrons. The summed E-state index contributed by atoms with van der Waals surface area (Å²) in [6.07, 6.45) is 1.74. The van der Waals surface area contributed by atoms with Crippen LogP contribution < -0.4 is 10.2 Å². The number of fused-ring (bicyclic) bond motifs is 1. The van der Waals surface area contributed by atoms with E-state index in [1.165, 1.54) is 0 Å². The molecule has 3 N–H and O–H groups in total. The maximum Gasteiger partial charge on any atom is 0.155 e. The molecular formula is C18H22N6O. The van der Waals surface area contributed by atoms with Gasteiger partial charge in [-0.2, -0.15) is 5.10 Å². The second kappa shape index (κ2) is 6.09. The van der Waals surface area contributed by atoms with Gasteiger partial charge in [0.2, 0.25) is 0 Å². The number of nitrogens with one attached hydrogen (secondary N) is 2. The first-order chi connectivity index (χ1) is 12.0. The van der Waals surface area contributed by atoms with Crippen molar-refractivity contribution >= 4 is 16.9 Å². The summed E-state index contributed by atoms with van der Waals surface area (Å²) in [5.74, 6) is 0.897. The molecule has 0 bridgehead atoms. The second-order valence-electron chi connectivity index (χ2n) is 6.96. The number of aromatic nitrogens is 4. The third kappa shape index (κ3) is 3.08. The van der Waals surface area contributed by atoms with E-state index < -0.39 is 5.60 Å². The smallest absolute Gasteiger partial charge is 0.155 e. The predicted octanol–water partition coefficient (Wildman–Crippen LogP) is 1.57. The summed E-state index contributed by atoms with van der Waals surface area (Å²) in [5.41, 5.74) is 1.60. The molecule has 0 radical (unpaired) electrons. The first-order valence-electron chi connectivity index (χ1n) is 8.49. The largest absolute Gasteiger partial charge is 0.389 e. The highest BCUT2D eigenvalue weighted by molar-refractivity contribution is 5.89. The van der Waals surface area contributed by atoms with Gasteiger partial charge in [0.05, 0.1) is 17.3 Å². The van der Waals surface area contributed by atoms with E-state index in [0.29, 0.717) is 6.54 Å². The van der Waals surface area contributed by atoms with Crippen LogP contribution in [0.4, 0.5) is 5.82 Å². The monoisotopic (exact) mass is 338 g/mol. The van der Waals surface area contributed by atoms with Gasteiger partial charge in [-0.15, -0.1) is 0 Å². The van der Waals surface area contributed by atoms with E-state index in [1.807, 2.05) is 44.2 Å². The number of pyridine rings is 2. The molecule has 0 aliphatic carbocycles. The molecule has 0 aromatic carbocycles. The van der Waals surface area contributed by atoms with Crippen LogP contribution in [0.2, 0.25) is 0 Å². The zero-order valence-corrected chi connectivity index (χ0v) is 14.4. The molecule has 7 nitrogen and oxygen atoms in total. The Kier molecular flexibility index (Phi) is 3.89. The van der Waals surface area contributed by atoms with Gasteiger partial charge in [0.25, 0.3) is 0 Å². The number of H-pyrrole nitrogens is 1. The lowest BCUT2D eigenvalue weighted by Crippen LogP contribution is -2.59. The highest BCUT2D eigenvalue weighted by atomic mass is 16.3. The number of hydrogen-bond acceptors (Lipinski definition) is 6. The van der Waals surface area contributed by atoms with Crippen molar-refractivity contribution in [3.63, 3.8) is 0 Å². The van der Waals surface area contributed by atoms with Gasteiger partial charge in [-0.25, -0.2) is 9.97 Å². The minimum absolute atomic E-state index is 0.00196. The molecule has 1 aliphatic rings. The topological polar surface area (TPSA) is 90.0 Å². The van der Waals surface area contributed by atoms with Crippen LogP contribution in [0, 0.1) is 0 Å². The summed E-state index contributed by atoms with van der Waals surface area (Å²) in [4.78, 5) is 11.3. The molecule has 1 atom stereocenters. The van der Waals surface area contributed by atoms with Crippen molar-refractivity contribution in [3.8, 4) is 11.4 Å². The Bertz CT molecular complexity index is 884. The lowest BCUT2D eigenvalue weighted by atomic mass is 9.97. The lowest BCUT2D eigenvalue weighted by Gasteiger charge is -2.40. The molecule has 0 saturated carbocycles. The standard InChI is InChI=1S/C18H22N6O/c1-18(2,25)14-11-24(10-9-19-14)15-7-3-6-13(21-15)16-12-5-4-8-20-17(12)23-22-16/h3-8,14,19,25H,9-11H2,1-2H3,(H,20,22,23). The summed E-state index contributed by atoms with van der Waals surface area (Å²) >= 11 is 0. The molecule has 1 unspecified atom stereocenters. The molecule has 3 aromatic heterocycles. The molecule has 1 saturated heterocycles. The Morgan fingerprint density at radius 2 is 2.12 bits per heavy atom. The van der Waals surface area contributed by atoms with E-state index in [-0.39, 0.29) is 6.04 Å². The molecule has 0 amide bonds. The van der Waals surface area contributed by atoms with Crippen molar-refractivity contribution in [1.29, 1.82) is 0 Å². The predicted molar refractivity (Wildman–Crippen MR) is 97.4 cm³/mol. The quantitative estimate of drug-likeness (QED) is 0.672. The number of hydrogen-bond donors (Lipinski definition) is 3. The van der Waals surface area contributed by atoms with Gasteiger partial charge in [-0.3, -0.25) is 5.10 Å². The average Bonchev–Trinajstić information content (AvgIpc) is 3.05. The second-order valence-corrected chi connectivity index (χ2v) is 6.96. The van der Waals surface area contributed by atoms with Crippen LogP contribution in [-0.4, -0.2) is 56.5 Å². The number of nitrogens with zero attached hydrogens (tertiary/aromatic N) is 4. The molecule has 3 aromatic rings. The third-order valence-corrected chi connectivity index (χ3v) is 4.67. The van der Waals surface area contributed by atoms with E-state index >= 15 is 0 Å². The van der Waals surface area contributed by atoms with Crippen LogP contribution >= 0.6 is 0 Å². The van der Waals surface area contributed by atoms with Gasteiger partial charge < -0.3 is 15.3 Å². The maximum absolute atomic E-state index is 10.3. The molecule has 7 heteroatoms. The van der Waals surface area contributed by atoms with E-state index in [0.717, 1.165) is 41.3 Å². The normalized spacial score (nSPS) is 18.7. The number of anilines is 1. The van der Waals surface area contributed by atoms with Crippen LogP contribution in [0.3, 0.4) is 0 Å². The summed E-state index contributed by atoms with van der Waals surface area (Å²) in [7, 11) is 0. The van der Waals surface area contributed by atoms with Crippen molar-refractivity contribution in [1.82, 2.24) is 25.5 Å². The fourth-order valence-electron chi connectivity index (χ4n) is 3.21. The molecule has 0 spiro atoms. The molecular weight excluding hydrogens is 316 g/mol. The Morgan fingerprint density at radius 3 is 2.96 bits per heavy atom. The van der Waals surface area contributed by atoms with Gasteiger partial charge >= 0.3 is 0 Å². The van der Waals surface area contributed by atoms with Crippen LogP contribution in [0.15, 0.2) is 36.5 Å². The minimum Gasteiger partial charge on any atom is -0.389 e. The summed E-state index contributed by atoms with van der Waals surface area (Å²) in [5, 5.41) is 22.0. The van der Waals surface area contributed by atoms with Crippen LogP contribution in [0.1, 0.15) is 13.8 Å². The molecule has 1 fully saturated rings. The molecule has 1 aliphatic heterocycles.